The van der Waals surface area contributed by atoms with Gasteiger partial charge in [0, 0.05) is 45.2 Å². The molecule has 6 heteroatoms. The van der Waals surface area contributed by atoms with Gasteiger partial charge in [0.1, 0.15) is 12.4 Å². The van der Waals surface area contributed by atoms with E-state index in [2.05, 4.69) is 12.7 Å². The van der Waals surface area contributed by atoms with Gasteiger partial charge in [-0.25, -0.2) is 14.9 Å². The zero-order valence-electron chi connectivity index (χ0n) is 13.2. The Bertz CT molecular complexity index is 608. The molecule has 0 aliphatic carbocycles. The van der Waals surface area contributed by atoms with E-state index in [4.69, 9.17) is 4.74 Å². The molecule has 0 spiro atoms. The number of hydrogen-bond donors (Lipinski definition) is 0. The van der Waals surface area contributed by atoms with Crippen LogP contribution in [0, 0.1) is 23.6 Å². The van der Waals surface area contributed by atoms with Crippen LogP contribution in [0.15, 0.2) is 24.8 Å². The van der Waals surface area contributed by atoms with Crippen molar-refractivity contribution >= 4 is 11.6 Å². The number of amides is 1. The number of hydrogen-bond acceptors (Lipinski definition) is 2. The molecule has 3 nitrogen and oxygen atoms in total. The third kappa shape index (κ3) is 4.27. The van der Waals surface area contributed by atoms with Crippen molar-refractivity contribution in [3.05, 3.63) is 48.1 Å². The molecule has 1 aromatic carbocycles. The molecule has 1 aliphatic rings. The van der Waals surface area contributed by atoms with E-state index in [1.165, 1.54) is 11.0 Å². The third-order valence-corrected chi connectivity index (χ3v) is 3.47. The van der Waals surface area contributed by atoms with Crippen LogP contribution in [0.25, 0.3) is 5.70 Å². The summed E-state index contributed by atoms with van der Waals surface area (Å²) in [6.07, 6.45) is 4.78. The van der Waals surface area contributed by atoms with Gasteiger partial charge in [0.2, 0.25) is 5.91 Å². The van der Waals surface area contributed by atoms with Crippen molar-refractivity contribution in [1.82, 2.24) is 4.90 Å². The molecule has 0 N–H and O–H groups in total. The van der Waals surface area contributed by atoms with Crippen molar-refractivity contribution in [3.63, 3.8) is 0 Å². The average molecular weight is 395 g/mol. The van der Waals surface area contributed by atoms with Gasteiger partial charge in [0.15, 0.2) is 0 Å². The van der Waals surface area contributed by atoms with Crippen molar-refractivity contribution in [1.29, 1.82) is 0 Å². The number of allylic oxidation sites excluding steroid dienone is 1. The fraction of sp³-hybridized carbons (Fsp3) is 0.353. The summed E-state index contributed by atoms with van der Waals surface area (Å²) in [5.74, 6) is -1.85. The summed E-state index contributed by atoms with van der Waals surface area (Å²) in [7, 11) is 0. The largest absolute Gasteiger partial charge is 0.489 e. The number of halogens is 2. The van der Waals surface area contributed by atoms with Gasteiger partial charge in [-0.15, -0.1) is 5.70 Å². The summed E-state index contributed by atoms with van der Waals surface area (Å²) < 4.78 is 33.8. The summed E-state index contributed by atoms with van der Waals surface area (Å²) in [5.41, 5.74) is -0.0797. The normalized spacial score (nSPS) is 17.4. The molecule has 0 fully saturated rings. The Kier molecular flexibility index (Phi) is 7.55. The maximum absolute atomic E-state index is 14.3. The molecule has 0 saturated heterocycles. The second kappa shape index (κ2) is 8.69. The Balaban J connectivity index is 0.00000264. The monoisotopic (exact) mass is 395 g/mol. The minimum Gasteiger partial charge on any atom is -0.489 e. The molecule has 1 aliphatic heterocycles. The molecule has 1 atom stereocenters. The zero-order chi connectivity index (χ0) is 16.3. The predicted molar refractivity (Wildman–Crippen MR) is 79.9 cm³/mol. The van der Waals surface area contributed by atoms with Crippen LogP contribution in [0.2, 0.25) is 0 Å². The number of ether oxygens (including phenoxy) is 1. The molecule has 23 heavy (non-hydrogen) atoms. The third-order valence-electron chi connectivity index (χ3n) is 3.47. The van der Waals surface area contributed by atoms with Crippen LogP contribution in [-0.2, 0) is 37.5 Å². The van der Waals surface area contributed by atoms with E-state index >= 15 is 0 Å². The Morgan fingerprint density at radius 3 is 2.57 bits per heavy atom. The zero-order valence-corrected chi connectivity index (χ0v) is 16.1. The van der Waals surface area contributed by atoms with Crippen LogP contribution in [0.3, 0.4) is 0 Å². The van der Waals surface area contributed by atoms with Crippen molar-refractivity contribution in [2.45, 2.75) is 20.3 Å². The molecule has 0 aromatic heterocycles. The van der Waals surface area contributed by atoms with E-state index < -0.39 is 11.6 Å². The van der Waals surface area contributed by atoms with E-state index in [1.807, 2.05) is 0 Å². The maximum Gasteiger partial charge on any atom is 0.225 e. The van der Waals surface area contributed by atoms with E-state index in [9.17, 15) is 13.6 Å². The van der Waals surface area contributed by atoms with Crippen molar-refractivity contribution in [2.75, 3.05) is 13.2 Å². The summed E-state index contributed by atoms with van der Waals surface area (Å²) in [6.45, 7) is 7.50. The summed E-state index contributed by atoms with van der Waals surface area (Å²) in [6, 6.07) is 2.21. The molecule has 1 heterocycles. The fourth-order valence-corrected chi connectivity index (χ4v) is 2.36. The number of carbonyl (C=O) groups excluding carboxylic acids is 1. The molecular formula is C17H18F2NO2Y-. The molecule has 1 radical (unpaired) electrons. The van der Waals surface area contributed by atoms with Gasteiger partial charge in [-0.3, -0.25) is 4.79 Å². The summed E-state index contributed by atoms with van der Waals surface area (Å²) >= 11 is 0. The Morgan fingerprint density at radius 1 is 1.43 bits per heavy atom. The first kappa shape index (κ1) is 20.0. The van der Waals surface area contributed by atoms with E-state index in [0.29, 0.717) is 13.0 Å². The van der Waals surface area contributed by atoms with Crippen molar-refractivity contribution in [3.8, 4) is 5.75 Å². The van der Waals surface area contributed by atoms with E-state index in [0.717, 1.165) is 12.1 Å². The van der Waals surface area contributed by atoms with Crippen LogP contribution >= 0.6 is 0 Å². The number of rotatable bonds is 5. The smallest absolute Gasteiger partial charge is 0.225 e. The van der Waals surface area contributed by atoms with Crippen LogP contribution < -0.4 is 4.74 Å². The molecular weight excluding hydrogens is 377 g/mol. The van der Waals surface area contributed by atoms with Crippen LogP contribution in [0.4, 0.5) is 8.78 Å². The number of benzene rings is 1. The van der Waals surface area contributed by atoms with Gasteiger partial charge < -0.3 is 9.64 Å². The molecule has 1 amide bonds. The van der Waals surface area contributed by atoms with Gasteiger partial charge in [0.25, 0.3) is 0 Å². The van der Waals surface area contributed by atoms with Crippen LogP contribution in [0.5, 0.6) is 5.75 Å². The number of nitrogens with zero attached hydrogens (tertiary/aromatic N) is 1. The average Bonchev–Trinajstić information content (AvgIpc) is 2.48. The molecule has 0 bridgehead atoms. The van der Waals surface area contributed by atoms with Crippen molar-refractivity contribution in [2.24, 2.45) is 5.92 Å². The second-order valence-corrected chi connectivity index (χ2v) is 5.07. The standard InChI is InChI=1S/C17H18F2NO2.Y/c1-4-8-22-12-9-13(18)16(14(19)10-12)15-7-6-11(3)17(21)20(15)5-2;/h4,9-11H,1,5-6,8H2,2-3H3;/q-1;. The van der Waals surface area contributed by atoms with Crippen LogP contribution in [-0.4, -0.2) is 24.0 Å². The SMILES string of the molecule is C=CCOc1cc(F)c(C2=[C-]CC(C)C(=O)N2CC)c(F)c1.[Y]. The Morgan fingerprint density at radius 2 is 2.04 bits per heavy atom. The minimum atomic E-state index is -0.776. The molecule has 1 unspecified atom stereocenters. The second-order valence-electron chi connectivity index (χ2n) is 5.07. The molecule has 2 rings (SSSR count). The molecule has 1 aromatic rings. The Labute approximate surface area is 160 Å². The van der Waals surface area contributed by atoms with Crippen molar-refractivity contribution < 1.29 is 51.0 Å². The quantitative estimate of drug-likeness (QED) is 0.564. The minimum absolute atomic E-state index is 0. The van der Waals surface area contributed by atoms with Gasteiger partial charge in [-0.1, -0.05) is 31.6 Å². The first-order valence-electron chi connectivity index (χ1n) is 7.14. The maximum atomic E-state index is 14.3. The Hall–Kier alpha value is -1.07. The van der Waals surface area contributed by atoms with Crippen LogP contribution in [0.1, 0.15) is 25.8 Å². The molecule has 0 saturated carbocycles. The predicted octanol–water partition coefficient (Wildman–Crippen LogP) is 3.56. The topological polar surface area (TPSA) is 29.5 Å². The van der Waals surface area contributed by atoms with Gasteiger partial charge in [-0.2, -0.15) is 0 Å². The summed E-state index contributed by atoms with van der Waals surface area (Å²) in [4.78, 5) is 13.5. The summed E-state index contributed by atoms with van der Waals surface area (Å²) in [5, 5.41) is 0. The van der Waals surface area contributed by atoms with Gasteiger partial charge >= 0.3 is 0 Å². The molecule has 121 valence electrons. The fourth-order valence-electron chi connectivity index (χ4n) is 2.36. The van der Waals surface area contributed by atoms with Gasteiger partial charge in [-0.05, 0) is 19.1 Å². The van der Waals surface area contributed by atoms with E-state index in [1.54, 1.807) is 13.8 Å². The first-order valence-corrected chi connectivity index (χ1v) is 7.14. The number of carbonyl (C=O) groups is 1. The van der Waals surface area contributed by atoms with E-state index in [-0.39, 0.29) is 68.2 Å². The van der Waals surface area contributed by atoms with Gasteiger partial charge in [0.05, 0.1) is 11.6 Å². The first-order chi connectivity index (χ1) is 10.5.